The Hall–Kier alpha value is -6.64. The highest BCUT2D eigenvalue weighted by Gasteiger charge is 2.17. The molecular formula is C48H32N2. The van der Waals surface area contributed by atoms with Gasteiger partial charge in [-0.15, -0.1) is 0 Å². The van der Waals surface area contributed by atoms with Crippen molar-refractivity contribution in [1.82, 2.24) is 9.13 Å². The molecule has 0 aliphatic heterocycles. The number of fused-ring (bicyclic) bond motifs is 6. The molecule has 0 aliphatic carbocycles. The lowest BCUT2D eigenvalue weighted by Crippen LogP contribution is -1.97. The number of aromatic nitrogens is 2. The van der Waals surface area contributed by atoms with Crippen LogP contribution in [0.1, 0.15) is 20.6 Å². The largest absolute Gasteiger partial charge is 0.309 e. The van der Waals surface area contributed by atoms with Crippen LogP contribution in [0.15, 0.2) is 194 Å². The van der Waals surface area contributed by atoms with Gasteiger partial charge in [-0.1, -0.05) is 139 Å². The third kappa shape index (κ3) is 4.57. The number of rotatable bonds is 5. The van der Waals surface area contributed by atoms with Gasteiger partial charge in [0.25, 0.3) is 0 Å². The number of hydrogen-bond donors (Lipinski definition) is 0. The Morgan fingerprint density at radius 1 is 0.320 bits per heavy atom. The molecule has 0 fully saturated rings. The zero-order valence-electron chi connectivity index (χ0n) is 41.2. The highest BCUT2D eigenvalue weighted by Crippen LogP contribution is 2.39. The Labute approximate surface area is 311 Å². The Morgan fingerprint density at radius 2 is 0.720 bits per heavy atom. The highest BCUT2D eigenvalue weighted by molar-refractivity contribution is 6.12. The smallest absolute Gasteiger partial charge is 0.0652 e. The van der Waals surface area contributed by atoms with Gasteiger partial charge in [-0.3, -0.25) is 0 Å². The molecule has 10 rings (SSSR count). The van der Waals surface area contributed by atoms with Gasteiger partial charge in [-0.25, -0.2) is 0 Å². The van der Waals surface area contributed by atoms with E-state index in [9.17, 15) is 6.85 Å². The Balaban J connectivity index is 1.37. The lowest BCUT2D eigenvalue weighted by molar-refractivity contribution is 1.17. The molecule has 0 atom stereocenters. The molecular weight excluding hydrogens is 605 g/mol. The van der Waals surface area contributed by atoms with Gasteiger partial charge in [0.1, 0.15) is 0 Å². The molecule has 0 N–H and O–H groups in total. The predicted octanol–water partition coefficient (Wildman–Crippen LogP) is 12.9. The zero-order chi connectivity index (χ0) is 46.1. The molecule has 0 amide bonds. The van der Waals surface area contributed by atoms with Gasteiger partial charge in [-0.2, -0.15) is 0 Å². The normalized spacial score (nSPS) is 15.8. The molecule has 2 heterocycles. The fourth-order valence-electron chi connectivity index (χ4n) is 6.71. The molecule has 50 heavy (non-hydrogen) atoms. The summed E-state index contributed by atoms with van der Waals surface area (Å²) in [4.78, 5) is 0. The van der Waals surface area contributed by atoms with E-state index in [1.54, 1.807) is 6.07 Å². The average Bonchev–Trinajstić information content (AvgIpc) is 3.88. The molecule has 2 aromatic heterocycles. The third-order valence-corrected chi connectivity index (χ3v) is 9.01. The van der Waals surface area contributed by atoms with Crippen LogP contribution in [0.25, 0.3) is 88.4 Å². The van der Waals surface area contributed by atoms with Gasteiger partial charge in [0, 0.05) is 32.9 Å². The molecule has 0 saturated heterocycles. The van der Waals surface area contributed by atoms with Crippen LogP contribution in [0.5, 0.6) is 0 Å². The molecule has 0 spiro atoms. The lowest BCUT2D eigenvalue weighted by atomic mass is 9.96. The van der Waals surface area contributed by atoms with Gasteiger partial charge in [0.15, 0.2) is 0 Å². The van der Waals surface area contributed by atoms with E-state index in [-0.39, 0.29) is 43.6 Å². The summed E-state index contributed by atoms with van der Waals surface area (Å²) in [6, 6.07) is 23.5. The van der Waals surface area contributed by atoms with E-state index in [4.69, 9.17) is 13.7 Å². The Kier molecular flexibility index (Phi) is 3.95. The molecule has 0 bridgehead atoms. The predicted molar refractivity (Wildman–Crippen MR) is 211 cm³/mol. The molecule has 10 aromatic rings. The topological polar surface area (TPSA) is 9.86 Å². The maximum absolute atomic E-state index is 9.96. The van der Waals surface area contributed by atoms with Crippen molar-refractivity contribution in [2.24, 2.45) is 0 Å². The number of hydrogen-bond acceptors (Lipinski definition) is 0. The number of benzene rings is 8. The molecule has 0 unspecified atom stereocenters. The maximum atomic E-state index is 9.96. The minimum Gasteiger partial charge on any atom is -0.309 e. The van der Waals surface area contributed by atoms with Gasteiger partial charge in [0.05, 0.1) is 42.6 Å². The van der Waals surface area contributed by atoms with Gasteiger partial charge >= 0.3 is 0 Å². The second-order valence-corrected chi connectivity index (χ2v) is 11.9. The molecule has 234 valence electrons. The summed E-state index contributed by atoms with van der Waals surface area (Å²) in [5.74, 6) is 0. The van der Waals surface area contributed by atoms with Crippen LogP contribution in [0.4, 0.5) is 0 Å². The highest BCUT2D eigenvalue weighted by atomic mass is 15.0. The van der Waals surface area contributed by atoms with Crippen molar-refractivity contribution in [1.29, 1.82) is 0 Å². The molecule has 8 aromatic carbocycles. The first-order valence-corrected chi connectivity index (χ1v) is 16.0. The summed E-state index contributed by atoms with van der Waals surface area (Å²) in [7, 11) is 0. The summed E-state index contributed by atoms with van der Waals surface area (Å²) in [6.45, 7) is 0. The van der Waals surface area contributed by atoms with E-state index in [2.05, 4.69) is 0 Å². The van der Waals surface area contributed by atoms with Crippen LogP contribution in [-0.4, -0.2) is 9.13 Å². The van der Waals surface area contributed by atoms with Crippen molar-refractivity contribution in [2.75, 3.05) is 0 Å². The van der Waals surface area contributed by atoms with Crippen molar-refractivity contribution < 1.29 is 20.6 Å². The van der Waals surface area contributed by atoms with Crippen LogP contribution in [-0.2, 0) is 0 Å². The van der Waals surface area contributed by atoms with E-state index in [0.717, 1.165) is 32.4 Å². The minimum atomic E-state index is -0.707. The van der Waals surface area contributed by atoms with E-state index < -0.39 is 96.3 Å². The maximum Gasteiger partial charge on any atom is 0.0652 e. The summed E-state index contributed by atoms with van der Waals surface area (Å²) in [5, 5.41) is -0.905. The van der Waals surface area contributed by atoms with E-state index in [0.29, 0.717) is 11.3 Å². The SMILES string of the molecule is [2H]c1c([2H])c([2H])c2c(c1[2H])c1c([2H])c(-n3c4c([2H])c([2H])c([2H])c([2H])c4c4c([2H])c([2H])c([2H])c([2H])c43)c([2H])c([2H])c1n2-c1cc(-c2ccccc2)cc(-c2ccc(-c3ccccc3)cc2)c1. The summed E-state index contributed by atoms with van der Waals surface area (Å²) in [5.41, 5.74) is 4.00. The standard InChI is InChI=1S/C48H32N2/c1-3-13-33(14-4-1)35-23-25-36(26-24-35)38-29-37(34-15-5-2-6-16-34)30-40(31-38)50-47-22-12-9-19-43(47)44-32-39(27-28-48(44)50)49-45-20-10-7-17-41(45)42-18-8-11-21-46(42)49/h1-32H/i7D,8D,9D,10D,11D,12D,17D,18D,19D,20D,21D,22D,27D,28D,32D. The van der Waals surface area contributed by atoms with Crippen molar-refractivity contribution in [3.8, 4) is 44.8 Å². The van der Waals surface area contributed by atoms with Crippen molar-refractivity contribution in [3.05, 3.63) is 194 Å². The second kappa shape index (κ2) is 11.5. The van der Waals surface area contributed by atoms with Crippen LogP contribution in [0.2, 0.25) is 0 Å². The second-order valence-electron chi connectivity index (χ2n) is 11.9. The number of nitrogens with zero attached hydrogens (tertiary/aromatic N) is 2. The monoisotopic (exact) mass is 651 g/mol. The summed E-state index contributed by atoms with van der Waals surface area (Å²) < 4.78 is 138. The average molecular weight is 652 g/mol. The molecule has 2 heteroatoms. The van der Waals surface area contributed by atoms with Crippen LogP contribution in [0, 0.1) is 0 Å². The molecule has 0 radical (unpaired) electrons. The van der Waals surface area contributed by atoms with E-state index in [1.807, 2.05) is 97.1 Å². The van der Waals surface area contributed by atoms with Gasteiger partial charge in [0.2, 0.25) is 0 Å². The first-order chi connectivity index (χ1) is 31.0. The van der Waals surface area contributed by atoms with Crippen LogP contribution in [0.3, 0.4) is 0 Å². The molecule has 0 aliphatic rings. The van der Waals surface area contributed by atoms with Crippen LogP contribution >= 0.6 is 0 Å². The van der Waals surface area contributed by atoms with Gasteiger partial charge in [-0.05, 0) is 87.8 Å². The summed E-state index contributed by atoms with van der Waals surface area (Å²) >= 11 is 0. The number of para-hydroxylation sites is 3. The fraction of sp³-hybridized carbons (Fsp3) is 0. The quantitative estimate of drug-likeness (QED) is 0.175. The van der Waals surface area contributed by atoms with Crippen molar-refractivity contribution >= 4 is 43.6 Å². The summed E-state index contributed by atoms with van der Waals surface area (Å²) in [6.07, 6.45) is 0. The molecule has 0 saturated carbocycles. The Bertz CT molecular complexity index is 3620. The third-order valence-electron chi connectivity index (χ3n) is 9.01. The minimum absolute atomic E-state index is 0.0915. The van der Waals surface area contributed by atoms with Crippen LogP contribution < -0.4 is 0 Å². The lowest BCUT2D eigenvalue weighted by Gasteiger charge is -2.15. The zero-order valence-corrected chi connectivity index (χ0v) is 26.2. The van der Waals surface area contributed by atoms with E-state index >= 15 is 0 Å². The first kappa shape index (κ1) is 17.1. The Morgan fingerprint density at radius 3 is 1.26 bits per heavy atom. The first-order valence-electron chi connectivity index (χ1n) is 23.5. The van der Waals surface area contributed by atoms with E-state index in [1.165, 1.54) is 4.57 Å². The van der Waals surface area contributed by atoms with Crippen molar-refractivity contribution in [2.45, 2.75) is 0 Å². The fourth-order valence-corrected chi connectivity index (χ4v) is 6.71. The van der Waals surface area contributed by atoms with Gasteiger partial charge < -0.3 is 9.13 Å². The molecule has 2 nitrogen and oxygen atoms in total. The van der Waals surface area contributed by atoms with Crippen molar-refractivity contribution in [3.63, 3.8) is 0 Å².